The number of benzene rings is 2. The Hall–Kier alpha value is -2.38. The van der Waals surface area contributed by atoms with Crippen LogP contribution in [0.2, 0.25) is 5.02 Å². The standard InChI is InChI=1S/C21H26ClN3O3S/c1-6-25(4)14-23-19-11-15(3)20(13-18(19)22)29(27,7-2)24-21(26)16-9-8-10-17(12-16)28-5/h8-14H,6-7H2,1-5H3/b23-14+. The molecule has 0 aliphatic carbocycles. The van der Waals surface area contributed by atoms with Crippen molar-refractivity contribution >= 4 is 39.3 Å². The van der Waals surface area contributed by atoms with Crippen LogP contribution >= 0.6 is 11.6 Å². The summed E-state index contributed by atoms with van der Waals surface area (Å²) in [6, 6.07) is 9.97. The van der Waals surface area contributed by atoms with Crippen molar-refractivity contribution in [2.24, 2.45) is 9.36 Å². The van der Waals surface area contributed by atoms with Crippen LogP contribution in [0.3, 0.4) is 0 Å². The Morgan fingerprint density at radius 1 is 1.28 bits per heavy atom. The van der Waals surface area contributed by atoms with Crippen molar-refractivity contribution in [3.63, 3.8) is 0 Å². The molecule has 0 radical (unpaired) electrons. The molecular weight excluding hydrogens is 410 g/mol. The van der Waals surface area contributed by atoms with E-state index in [9.17, 15) is 9.00 Å². The quantitative estimate of drug-likeness (QED) is 0.455. The third kappa shape index (κ3) is 5.58. The van der Waals surface area contributed by atoms with Gasteiger partial charge in [-0.2, -0.15) is 4.36 Å². The molecule has 2 rings (SSSR count). The van der Waals surface area contributed by atoms with Gasteiger partial charge >= 0.3 is 0 Å². The molecule has 0 aliphatic rings. The normalized spacial score (nSPS) is 13.2. The van der Waals surface area contributed by atoms with Gasteiger partial charge in [0.25, 0.3) is 5.91 Å². The molecule has 0 spiro atoms. The molecule has 0 saturated carbocycles. The topological polar surface area (TPSA) is 71.3 Å². The molecule has 1 amide bonds. The monoisotopic (exact) mass is 435 g/mol. The molecule has 1 unspecified atom stereocenters. The van der Waals surface area contributed by atoms with Crippen LogP contribution in [0.4, 0.5) is 5.69 Å². The second kappa shape index (κ2) is 9.89. The first-order valence-electron chi connectivity index (χ1n) is 9.21. The lowest BCUT2D eigenvalue weighted by Gasteiger charge is -2.13. The fraction of sp³-hybridized carbons (Fsp3) is 0.333. The molecule has 2 aromatic carbocycles. The second-order valence-electron chi connectivity index (χ2n) is 6.44. The summed E-state index contributed by atoms with van der Waals surface area (Å²) in [7, 11) is 0.435. The van der Waals surface area contributed by atoms with Crippen LogP contribution in [-0.2, 0) is 9.73 Å². The predicted molar refractivity (Wildman–Crippen MR) is 119 cm³/mol. The van der Waals surface area contributed by atoms with Gasteiger partial charge in [-0.1, -0.05) is 24.6 Å². The lowest BCUT2D eigenvalue weighted by molar-refractivity contribution is 0.100. The van der Waals surface area contributed by atoms with E-state index < -0.39 is 15.6 Å². The zero-order valence-electron chi connectivity index (χ0n) is 17.3. The highest BCUT2D eigenvalue weighted by Crippen LogP contribution is 2.32. The van der Waals surface area contributed by atoms with Crippen LogP contribution in [0.1, 0.15) is 29.8 Å². The Labute approximate surface area is 177 Å². The number of aryl methyl sites for hydroxylation is 1. The minimum atomic E-state index is -2.99. The van der Waals surface area contributed by atoms with Crippen LogP contribution in [0.5, 0.6) is 5.75 Å². The molecule has 0 N–H and O–H groups in total. The minimum Gasteiger partial charge on any atom is -0.497 e. The van der Waals surface area contributed by atoms with E-state index in [1.807, 2.05) is 25.8 Å². The zero-order chi connectivity index (χ0) is 21.6. The molecule has 0 fully saturated rings. The van der Waals surface area contributed by atoms with E-state index in [0.717, 1.165) is 12.1 Å². The number of methoxy groups -OCH3 is 1. The summed E-state index contributed by atoms with van der Waals surface area (Å²) in [4.78, 5) is 19.4. The van der Waals surface area contributed by atoms with Gasteiger partial charge < -0.3 is 9.64 Å². The van der Waals surface area contributed by atoms with Gasteiger partial charge in [-0.15, -0.1) is 0 Å². The van der Waals surface area contributed by atoms with E-state index in [1.165, 1.54) is 7.11 Å². The van der Waals surface area contributed by atoms with Crippen molar-refractivity contribution < 1.29 is 13.7 Å². The molecule has 6 nitrogen and oxygen atoms in total. The van der Waals surface area contributed by atoms with E-state index in [-0.39, 0.29) is 5.75 Å². The summed E-state index contributed by atoms with van der Waals surface area (Å²) in [6.45, 7) is 6.38. The van der Waals surface area contributed by atoms with Gasteiger partial charge in [0.15, 0.2) is 0 Å². The third-order valence-electron chi connectivity index (χ3n) is 4.42. The maximum atomic E-state index is 13.6. The van der Waals surface area contributed by atoms with Gasteiger partial charge in [-0.05, 0) is 49.7 Å². The summed E-state index contributed by atoms with van der Waals surface area (Å²) in [5, 5.41) is 0.358. The molecule has 0 heterocycles. The van der Waals surface area contributed by atoms with Crippen molar-refractivity contribution in [3.05, 3.63) is 52.5 Å². The molecule has 156 valence electrons. The van der Waals surface area contributed by atoms with Crippen molar-refractivity contribution in [2.45, 2.75) is 25.7 Å². The fourth-order valence-corrected chi connectivity index (χ4v) is 4.60. The van der Waals surface area contributed by atoms with Gasteiger partial charge in [0, 0.05) is 24.9 Å². The van der Waals surface area contributed by atoms with Gasteiger partial charge in [-0.25, -0.2) is 9.20 Å². The smallest absolute Gasteiger partial charge is 0.285 e. The van der Waals surface area contributed by atoms with Crippen LogP contribution in [0.15, 0.2) is 50.6 Å². The highest BCUT2D eigenvalue weighted by atomic mass is 35.5. The summed E-state index contributed by atoms with van der Waals surface area (Å²) in [5.74, 6) is 0.159. The third-order valence-corrected chi connectivity index (χ3v) is 7.09. The molecule has 8 heteroatoms. The van der Waals surface area contributed by atoms with Crippen LogP contribution in [0.25, 0.3) is 0 Å². The number of rotatable bonds is 7. The molecule has 29 heavy (non-hydrogen) atoms. The average molecular weight is 436 g/mol. The fourth-order valence-electron chi connectivity index (χ4n) is 2.54. The van der Waals surface area contributed by atoms with Gasteiger partial charge in [0.2, 0.25) is 0 Å². The Bertz CT molecular complexity index is 1040. The molecular formula is C21H26ClN3O3S. The maximum Gasteiger partial charge on any atom is 0.285 e. The number of aliphatic imine (C=N–C) groups is 1. The van der Waals surface area contributed by atoms with Gasteiger partial charge in [0.05, 0.1) is 38.8 Å². The lowest BCUT2D eigenvalue weighted by atomic mass is 10.2. The predicted octanol–water partition coefficient (Wildman–Crippen LogP) is 4.96. The number of hydrogen-bond acceptors (Lipinski definition) is 4. The summed E-state index contributed by atoms with van der Waals surface area (Å²) < 4.78 is 22.8. The van der Waals surface area contributed by atoms with Gasteiger partial charge in [-0.3, -0.25) is 4.79 Å². The van der Waals surface area contributed by atoms with Crippen LogP contribution in [-0.4, -0.2) is 47.8 Å². The highest BCUT2D eigenvalue weighted by molar-refractivity contribution is 7.94. The van der Waals surface area contributed by atoms with Crippen molar-refractivity contribution in [3.8, 4) is 5.75 Å². The van der Waals surface area contributed by atoms with E-state index in [2.05, 4.69) is 9.36 Å². The Balaban J connectivity index is 2.50. The first-order valence-corrected chi connectivity index (χ1v) is 11.3. The number of amides is 1. The summed E-state index contributed by atoms with van der Waals surface area (Å²) in [5.41, 5.74) is 1.61. The van der Waals surface area contributed by atoms with Crippen LogP contribution < -0.4 is 4.74 Å². The summed E-state index contributed by atoms with van der Waals surface area (Å²) >= 11 is 6.38. The first-order chi connectivity index (χ1) is 13.7. The van der Waals surface area contributed by atoms with Crippen molar-refractivity contribution in [1.82, 2.24) is 4.90 Å². The Kier molecular flexibility index (Phi) is 7.81. The molecule has 2 aromatic rings. The SMILES string of the molecule is CCN(C)/C=N/c1cc(C)c(S(=O)(CC)=NC(=O)c2cccc(OC)c2)cc1Cl. The highest BCUT2D eigenvalue weighted by Gasteiger charge is 2.19. The molecule has 0 aliphatic heterocycles. The maximum absolute atomic E-state index is 13.6. The second-order valence-corrected chi connectivity index (χ2v) is 9.33. The number of carbonyl (C=O) groups excluding carboxylic acids is 1. The Morgan fingerprint density at radius 3 is 2.62 bits per heavy atom. The van der Waals surface area contributed by atoms with Crippen molar-refractivity contribution in [1.29, 1.82) is 0 Å². The summed E-state index contributed by atoms with van der Waals surface area (Å²) in [6.07, 6.45) is 1.69. The Morgan fingerprint density at radius 2 is 2.00 bits per heavy atom. The molecule has 0 saturated heterocycles. The van der Waals surface area contributed by atoms with Gasteiger partial charge in [0.1, 0.15) is 5.75 Å². The van der Waals surface area contributed by atoms with E-state index >= 15 is 0 Å². The molecule has 1 atom stereocenters. The number of hydrogen-bond donors (Lipinski definition) is 0. The lowest BCUT2D eigenvalue weighted by Crippen LogP contribution is -2.14. The minimum absolute atomic E-state index is 0.182. The number of nitrogens with zero attached hydrogens (tertiary/aromatic N) is 3. The molecule has 0 bridgehead atoms. The van der Waals surface area contributed by atoms with E-state index in [0.29, 0.717) is 26.9 Å². The molecule has 0 aromatic heterocycles. The first kappa shape index (κ1) is 22.9. The number of carbonyl (C=O) groups is 1. The largest absolute Gasteiger partial charge is 0.497 e. The van der Waals surface area contributed by atoms with Crippen LogP contribution in [0, 0.1) is 6.92 Å². The van der Waals surface area contributed by atoms with E-state index in [1.54, 1.807) is 49.7 Å². The van der Waals surface area contributed by atoms with E-state index in [4.69, 9.17) is 16.3 Å². The average Bonchev–Trinajstić information content (AvgIpc) is 2.73. The zero-order valence-corrected chi connectivity index (χ0v) is 18.9. The number of halogens is 1. The van der Waals surface area contributed by atoms with Crippen molar-refractivity contribution in [2.75, 3.05) is 26.5 Å². The number of ether oxygens (including phenoxy) is 1.